The molecule has 0 aliphatic heterocycles. The molecule has 2 heterocycles. The summed E-state index contributed by atoms with van der Waals surface area (Å²) in [5.74, 6) is 1.71. The molecule has 1 unspecified atom stereocenters. The Bertz CT molecular complexity index is 391. The van der Waals surface area contributed by atoms with E-state index in [1.165, 1.54) is 0 Å². The Morgan fingerprint density at radius 2 is 2.43 bits per heavy atom. The first kappa shape index (κ1) is 9.02. The minimum absolute atomic E-state index is 0.113. The van der Waals surface area contributed by atoms with Crippen LogP contribution in [0.4, 0.5) is 0 Å². The number of nitrogens with two attached hydrogens (primary N) is 1. The summed E-state index contributed by atoms with van der Waals surface area (Å²) in [6, 6.07) is 3.72. The lowest BCUT2D eigenvalue weighted by Crippen LogP contribution is -2.16. The van der Waals surface area contributed by atoms with Crippen LogP contribution in [0.2, 0.25) is 0 Å². The second-order valence-electron chi connectivity index (χ2n) is 3.31. The molecule has 0 spiro atoms. The molecule has 1 atom stereocenters. The molecule has 0 bridgehead atoms. The van der Waals surface area contributed by atoms with E-state index in [2.05, 4.69) is 4.98 Å². The van der Waals surface area contributed by atoms with Crippen molar-refractivity contribution in [2.24, 2.45) is 5.73 Å². The maximum absolute atomic E-state index is 5.96. The summed E-state index contributed by atoms with van der Waals surface area (Å²) in [7, 11) is 0. The molecule has 0 fully saturated rings. The highest BCUT2D eigenvalue weighted by molar-refractivity contribution is 5.09. The third-order valence-corrected chi connectivity index (χ3v) is 2.09. The van der Waals surface area contributed by atoms with Gasteiger partial charge in [-0.25, -0.2) is 4.98 Å². The summed E-state index contributed by atoms with van der Waals surface area (Å²) < 4.78 is 7.37. The van der Waals surface area contributed by atoms with E-state index in [4.69, 9.17) is 10.2 Å². The van der Waals surface area contributed by atoms with Crippen molar-refractivity contribution >= 4 is 0 Å². The quantitative estimate of drug-likeness (QED) is 0.799. The van der Waals surface area contributed by atoms with E-state index in [0.717, 1.165) is 11.5 Å². The molecule has 0 aliphatic carbocycles. The number of hydrogen-bond donors (Lipinski definition) is 1. The van der Waals surface area contributed by atoms with Gasteiger partial charge in [0.1, 0.15) is 11.5 Å². The number of furan rings is 1. The molecular weight excluding hydrogens is 178 g/mol. The van der Waals surface area contributed by atoms with Crippen LogP contribution in [0.25, 0.3) is 0 Å². The van der Waals surface area contributed by atoms with Gasteiger partial charge in [0.2, 0.25) is 0 Å². The van der Waals surface area contributed by atoms with Crippen LogP contribution in [0, 0.1) is 6.92 Å². The molecule has 0 amide bonds. The van der Waals surface area contributed by atoms with E-state index >= 15 is 0 Å². The first-order valence-electron chi connectivity index (χ1n) is 4.53. The summed E-state index contributed by atoms with van der Waals surface area (Å²) >= 11 is 0. The van der Waals surface area contributed by atoms with E-state index in [-0.39, 0.29) is 6.04 Å². The Morgan fingerprint density at radius 1 is 1.57 bits per heavy atom. The van der Waals surface area contributed by atoms with Crippen LogP contribution in [0.1, 0.15) is 17.6 Å². The van der Waals surface area contributed by atoms with Gasteiger partial charge in [0.15, 0.2) is 0 Å². The fourth-order valence-electron chi connectivity index (χ4n) is 1.36. The first-order chi connectivity index (χ1) is 6.75. The van der Waals surface area contributed by atoms with E-state index in [1.54, 1.807) is 12.5 Å². The molecule has 2 rings (SSSR count). The van der Waals surface area contributed by atoms with Crippen molar-refractivity contribution < 1.29 is 4.42 Å². The van der Waals surface area contributed by atoms with Crippen LogP contribution in [0.5, 0.6) is 0 Å². The zero-order chi connectivity index (χ0) is 9.97. The van der Waals surface area contributed by atoms with Crippen molar-refractivity contribution in [1.29, 1.82) is 0 Å². The largest absolute Gasteiger partial charge is 0.465 e. The predicted molar refractivity (Wildman–Crippen MR) is 52.6 cm³/mol. The van der Waals surface area contributed by atoms with E-state index < -0.39 is 0 Å². The molecule has 4 nitrogen and oxygen atoms in total. The van der Waals surface area contributed by atoms with Gasteiger partial charge in [0.05, 0.1) is 12.4 Å². The third kappa shape index (κ3) is 1.85. The fourth-order valence-corrected chi connectivity index (χ4v) is 1.36. The number of aryl methyl sites for hydroxylation is 1. The van der Waals surface area contributed by atoms with Gasteiger partial charge in [-0.05, 0) is 19.1 Å². The maximum atomic E-state index is 5.96. The number of rotatable bonds is 3. The molecule has 2 aromatic heterocycles. The summed E-state index contributed by atoms with van der Waals surface area (Å²) in [6.07, 6.45) is 5.37. The van der Waals surface area contributed by atoms with Crippen LogP contribution in [-0.4, -0.2) is 9.55 Å². The van der Waals surface area contributed by atoms with Crippen molar-refractivity contribution in [2.75, 3.05) is 0 Å². The van der Waals surface area contributed by atoms with Crippen molar-refractivity contribution in [3.8, 4) is 0 Å². The van der Waals surface area contributed by atoms with Crippen molar-refractivity contribution in [2.45, 2.75) is 19.5 Å². The first-order valence-corrected chi connectivity index (χ1v) is 4.53. The SMILES string of the molecule is Cc1ccc(C(N)Cn2ccnc2)o1. The predicted octanol–water partition coefficient (Wildman–Crippen LogP) is 1.48. The van der Waals surface area contributed by atoms with Crippen molar-refractivity contribution in [1.82, 2.24) is 9.55 Å². The van der Waals surface area contributed by atoms with Crippen molar-refractivity contribution in [3.05, 3.63) is 42.4 Å². The van der Waals surface area contributed by atoms with Gasteiger partial charge in [-0.2, -0.15) is 0 Å². The van der Waals surface area contributed by atoms with Gasteiger partial charge in [0.25, 0.3) is 0 Å². The minimum Gasteiger partial charge on any atom is -0.465 e. The molecule has 0 aromatic carbocycles. The number of aromatic nitrogens is 2. The summed E-state index contributed by atoms with van der Waals surface area (Å²) in [5.41, 5.74) is 5.96. The van der Waals surface area contributed by atoms with Gasteiger partial charge in [-0.1, -0.05) is 0 Å². The topological polar surface area (TPSA) is 57.0 Å². The van der Waals surface area contributed by atoms with Crippen molar-refractivity contribution in [3.63, 3.8) is 0 Å². The highest BCUT2D eigenvalue weighted by Crippen LogP contribution is 2.15. The molecule has 74 valence electrons. The Morgan fingerprint density at radius 3 is 3.00 bits per heavy atom. The molecule has 0 aliphatic rings. The fraction of sp³-hybridized carbons (Fsp3) is 0.300. The van der Waals surface area contributed by atoms with E-state index in [0.29, 0.717) is 6.54 Å². The normalized spacial score (nSPS) is 13.0. The molecule has 0 saturated heterocycles. The van der Waals surface area contributed by atoms with Crippen LogP contribution in [0.3, 0.4) is 0 Å². The average molecular weight is 191 g/mol. The van der Waals surface area contributed by atoms with Crippen LogP contribution in [-0.2, 0) is 6.54 Å². The molecule has 14 heavy (non-hydrogen) atoms. The van der Waals surface area contributed by atoms with Gasteiger partial charge in [-0.15, -0.1) is 0 Å². The number of nitrogens with zero attached hydrogens (tertiary/aromatic N) is 2. The lowest BCUT2D eigenvalue weighted by atomic mass is 10.2. The molecule has 4 heteroatoms. The van der Waals surface area contributed by atoms with Gasteiger partial charge < -0.3 is 14.7 Å². The van der Waals surface area contributed by atoms with Gasteiger partial charge in [0, 0.05) is 18.9 Å². The van der Waals surface area contributed by atoms with Crippen LogP contribution in [0.15, 0.2) is 35.3 Å². The molecule has 2 N–H and O–H groups in total. The maximum Gasteiger partial charge on any atom is 0.122 e. The zero-order valence-electron chi connectivity index (χ0n) is 8.05. The van der Waals surface area contributed by atoms with E-state index in [9.17, 15) is 0 Å². The standard InChI is InChI=1S/C10H13N3O/c1-8-2-3-10(14-8)9(11)6-13-5-4-12-7-13/h2-5,7,9H,6,11H2,1H3. The van der Waals surface area contributed by atoms with Gasteiger partial charge >= 0.3 is 0 Å². The minimum atomic E-state index is -0.113. The Kier molecular flexibility index (Phi) is 2.37. The monoisotopic (exact) mass is 191 g/mol. The number of imidazole rings is 1. The summed E-state index contributed by atoms with van der Waals surface area (Å²) in [5, 5.41) is 0. The van der Waals surface area contributed by atoms with Gasteiger partial charge in [-0.3, -0.25) is 0 Å². The van der Waals surface area contributed by atoms with Crippen LogP contribution < -0.4 is 5.73 Å². The highest BCUT2D eigenvalue weighted by Gasteiger charge is 2.09. The highest BCUT2D eigenvalue weighted by atomic mass is 16.3. The number of hydrogen-bond acceptors (Lipinski definition) is 3. The Labute approximate surface area is 82.4 Å². The average Bonchev–Trinajstić information content (AvgIpc) is 2.75. The lowest BCUT2D eigenvalue weighted by Gasteiger charge is -2.08. The summed E-state index contributed by atoms with van der Waals surface area (Å²) in [4.78, 5) is 3.95. The second-order valence-corrected chi connectivity index (χ2v) is 3.31. The molecule has 2 aromatic rings. The lowest BCUT2D eigenvalue weighted by molar-refractivity contribution is 0.420. The molecular formula is C10H13N3O. The zero-order valence-corrected chi connectivity index (χ0v) is 8.05. The molecule has 0 saturated carbocycles. The Hall–Kier alpha value is -1.55. The second kappa shape index (κ2) is 3.67. The Balaban J connectivity index is 2.06. The van der Waals surface area contributed by atoms with Crippen LogP contribution >= 0.6 is 0 Å². The van der Waals surface area contributed by atoms with E-state index in [1.807, 2.05) is 29.8 Å². The smallest absolute Gasteiger partial charge is 0.122 e. The molecule has 0 radical (unpaired) electrons. The third-order valence-electron chi connectivity index (χ3n) is 2.09. The summed E-state index contributed by atoms with van der Waals surface area (Å²) in [6.45, 7) is 2.60.